The van der Waals surface area contributed by atoms with Crippen LogP contribution in [0.5, 0.6) is 0 Å². The van der Waals surface area contributed by atoms with Gasteiger partial charge in [-0.25, -0.2) is 4.79 Å². The molecule has 1 aliphatic heterocycles. The van der Waals surface area contributed by atoms with E-state index in [1.54, 1.807) is 0 Å². The molecule has 2 aliphatic rings. The molecule has 1 saturated carbocycles. The quantitative estimate of drug-likeness (QED) is 0.691. The molecule has 1 heterocycles. The number of nitrogens with zero attached hydrogens (tertiary/aromatic N) is 2. The van der Waals surface area contributed by atoms with Crippen LogP contribution < -0.4 is 5.73 Å². The molecular weight excluding hydrogens is 254 g/mol. The normalized spacial score (nSPS) is 26.8. The van der Waals surface area contributed by atoms with Crippen LogP contribution in [0.15, 0.2) is 0 Å². The van der Waals surface area contributed by atoms with Crippen LogP contribution in [0.1, 0.15) is 26.2 Å². The third-order valence-corrected chi connectivity index (χ3v) is 4.55. The summed E-state index contributed by atoms with van der Waals surface area (Å²) in [5, 5.41) is 0. The van der Waals surface area contributed by atoms with Crippen molar-refractivity contribution in [3.63, 3.8) is 0 Å². The summed E-state index contributed by atoms with van der Waals surface area (Å²) < 4.78 is 5.20. The summed E-state index contributed by atoms with van der Waals surface area (Å²) in [6, 6.07) is 0. The second-order valence-corrected chi connectivity index (χ2v) is 6.65. The minimum absolute atomic E-state index is 0.224. The molecule has 20 heavy (non-hydrogen) atoms. The van der Waals surface area contributed by atoms with E-state index in [9.17, 15) is 4.79 Å². The van der Waals surface area contributed by atoms with Crippen molar-refractivity contribution in [1.29, 1.82) is 0 Å². The number of carbonyl (C=O) groups excluding carboxylic acids is 1. The second kappa shape index (κ2) is 6.41. The molecule has 0 bridgehead atoms. The minimum Gasteiger partial charge on any atom is -0.465 e. The van der Waals surface area contributed by atoms with E-state index >= 15 is 0 Å². The van der Waals surface area contributed by atoms with E-state index in [1.165, 1.54) is 13.0 Å². The number of rotatable bonds is 7. The van der Waals surface area contributed by atoms with Gasteiger partial charge >= 0.3 is 5.97 Å². The maximum absolute atomic E-state index is 12.2. The van der Waals surface area contributed by atoms with Crippen LogP contribution in [-0.4, -0.2) is 68.2 Å². The van der Waals surface area contributed by atoms with Crippen molar-refractivity contribution in [3.05, 3.63) is 0 Å². The number of esters is 1. The van der Waals surface area contributed by atoms with Crippen molar-refractivity contribution in [2.45, 2.75) is 31.7 Å². The number of hydrogen-bond acceptors (Lipinski definition) is 5. The van der Waals surface area contributed by atoms with E-state index in [4.69, 9.17) is 10.5 Å². The molecule has 5 heteroatoms. The Balaban J connectivity index is 1.89. The number of ether oxygens (including phenoxy) is 1. The molecule has 2 fully saturated rings. The van der Waals surface area contributed by atoms with Crippen molar-refractivity contribution < 1.29 is 9.53 Å². The Morgan fingerprint density at radius 2 is 2.15 bits per heavy atom. The third kappa shape index (κ3) is 3.71. The molecule has 0 aromatic rings. The first-order valence-corrected chi connectivity index (χ1v) is 7.79. The minimum atomic E-state index is -0.810. The molecule has 1 aliphatic carbocycles. The first-order chi connectivity index (χ1) is 9.45. The van der Waals surface area contributed by atoms with Gasteiger partial charge in [0.2, 0.25) is 0 Å². The van der Waals surface area contributed by atoms with Gasteiger partial charge in [-0.15, -0.1) is 0 Å². The number of carbonyl (C=O) groups is 1. The summed E-state index contributed by atoms with van der Waals surface area (Å²) in [5.41, 5.74) is 5.60. The predicted octanol–water partition coefficient (Wildman–Crippen LogP) is 0.541. The zero-order valence-electron chi connectivity index (χ0n) is 13.1. The molecular formula is C15H29N3O2. The van der Waals surface area contributed by atoms with Crippen LogP contribution in [0.25, 0.3) is 0 Å². The van der Waals surface area contributed by atoms with Gasteiger partial charge in [-0.3, -0.25) is 0 Å². The Morgan fingerprint density at radius 3 is 2.65 bits per heavy atom. The molecule has 5 nitrogen and oxygen atoms in total. The second-order valence-electron chi connectivity index (χ2n) is 6.65. The van der Waals surface area contributed by atoms with Crippen molar-refractivity contribution in [2.24, 2.45) is 17.6 Å². The third-order valence-electron chi connectivity index (χ3n) is 4.55. The maximum atomic E-state index is 12.2. The van der Waals surface area contributed by atoms with E-state index in [-0.39, 0.29) is 5.97 Å². The Bertz CT molecular complexity index is 346. The largest absolute Gasteiger partial charge is 0.465 e. The van der Waals surface area contributed by atoms with Crippen LogP contribution in [0.3, 0.4) is 0 Å². The molecule has 1 saturated heterocycles. The Morgan fingerprint density at radius 1 is 1.45 bits per heavy atom. The van der Waals surface area contributed by atoms with E-state index in [2.05, 4.69) is 23.9 Å². The van der Waals surface area contributed by atoms with Gasteiger partial charge < -0.3 is 20.3 Å². The molecule has 0 aromatic carbocycles. The summed E-state index contributed by atoms with van der Waals surface area (Å²) in [6.45, 7) is 6.18. The highest BCUT2D eigenvalue weighted by Gasteiger charge is 2.49. The van der Waals surface area contributed by atoms with E-state index in [0.717, 1.165) is 25.9 Å². The smallest absolute Gasteiger partial charge is 0.327 e. The number of hydrogen-bond donors (Lipinski definition) is 1. The van der Waals surface area contributed by atoms with Gasteiger partial charge in [0.25, 0.3) is 0 Å². The first-order valence-electron chi connectivity index (χ1n) is 7.79. The highest BCUT2D eigenvalue weighted by Crippen LogP contribution is 2.39. The van der Waals surface area contributed by atoms with Gasteiger partial charge in [-0.05, 0) is 58.7 Å². The average Bonchev–Trinajstić information content (AvgIpc) is 3.15. The first kappa shape index (κ1) is 15.7. The number of likely N-dealkylation sites (tertiary alicyclic amines) is 1. The average molecular weight is 283 g/mol. The molecule has 2 N–H and O–H groups in total. The molecule has 2 rings (SSSR count). The summed E-state index contributed by atoms with van der Waals surface area (Å²) in [6.07, 6.45) is 3.34. The van der Waals surface area contributed by atoms with Crippen LogP contribution in [0.4, 0.5) is 0 Å². The molecule has 0 radical (unpaired) electrons. The molecule has 0 spiro atoms. The summed E-state index contributed by atoms with van der Waals surface area (Å²) in [7, 11) is 4.23. The monoisotopic (exact) mass is 283 g/mol. The highest BCUT2D eigenvalue weighted by atomic mass is 16.5. The van der Waals surface area contributed by atoms with Crippen LogP contribution in [0, 0.1) is 11.8 Å². The van der Waals surface area contributed by atoms with Gasteiger partial charge in [-0.2, -0.15) is 0 Å². The Labute approximate surface area is 122 Å². The Hall–Kier alpha value is -0.650. The van der Waals surface area contributed by atoms with Crippen molar-refractivity contribution in [2.75, 3.05) is 46.9 Å². The standard InChI is InChI=1S/C15H29N3O2/c1-4-20-14(19)15(16,13-5-6-13)11-18(3)10-12-7-8-17(2)9-12/h12-13H,4-11,16H2,1-3H3. The van der Waals surface area contributed by atoms with Crippen molar-refractivity contribution in [3.8, 4) is 0 Å². The summed E-state index contributed by atoms with van der Waals surface area (Å²) in [5.74, 6) is 0.767. The lowest BCUT2D eigenvalue weighted by molar-refractivity contribution is -0.151. The zero-order chi connectivity index (χ0) is 14.8. The van der Waals surface area contributed by atoms with Gasteiger partial charge in [0.05, 0.1) is 6.61 Å². The van der Waals surface area contributed by atoms with Crippen molar-refractivity contribution >= 4 is 5.97 Å². The lowest BCUT2D eigenvalue weighted by Gasteiger charge is -2.32. The summed E-state index contributed by atoms with van der Waals surface area (Å²) >= 11 is 0. The Kier molecular flexibility index (Phi) is 5.04. The summed E-state index contributed by atoms with van der Waals surface area (Å²) in [4.78, 5) is 16.8. The fraction of sp³-hybridized carbons (Fsp3) is 0.933. The number of nitrogens with two attached hydrogens (primary N) is 1. The highest BCUT2D eigenvalue weighted by molar-refractivity contribution is 5.82. The molecule has 2 unspecified atom stereocenters. The van der Waals surface area contributed by atoms with Crippen LogP contribution in [-0.2, 0) is 9.53 Å². The van der Waals surface area contributed by atoms with Crippen LogP contribution in [0.2, 0.25) is 0 Å². The van der Waals surface area contributed by atoms with Gasteiger partial charge in [0, 0.05) is 19.6 Å². The predicted molar refractivity (Wildman–Crippen MR) is 79.4 cm³/mol. The lowest BCUT2D eigenvalue weighted by Crippen LogP contribution is -2.58. The van der Waals surface area contributed by atoms with E-state index < -0.39 is 5.54 Å². The fourth-order valence-electron chi connectivity index (χ4n) is 3.35. The van der Waals surface area contributed by atoms with Crippen LogP contribution >= 0.6 is 0 Å². The molecule has 2 atom stereocenters. The molecule has 0 amide bonds. The molecule has 116 valence electrons. The van der Waals surface area contributed by atoms with E-state index in [1.807, 2.05) is 6.92 Å². The number of likely N-dealkylation sites (N-methyl/N-ethyl adjacent to an activating group) is 1. The zero-order valence-corrected chi connectivity index (χ0v) is 13.1. The van der Waals surface area contributed by atoms with Gasteiger partial charge in [-0.1, -0.05) is 0 Å². The van der Waals surface area contributed by atoms with Gasteiger partial charge in [0.15, 0.2) is 0 Å². The van der Waals surface area contributed by atoms with Crippen molar-refractivity contribution in [1.82, 2.24) is 9.80 Å². The molecule has 0 aromatic heterocycles. The maximum Gasteiger partial charge on any atom is 0.327 e. The van der Waals surface area contributed by atoms with Gasteiger partial charge in [0.1, 0.15) is 5.54 Å². The topological polar surface area (TPSA) is 58.8 Å². The van der Waals surface area contributed by atoms with E-state index in [0.29, 0.717) is 25.0 Å². The fourth-order valence-corrected chi connectivity index (χ4v) is 3.35. The lowest BCUT2D eigenvalue weighted by atomic mass is 9.93. The SMILES string of the molecule is CCOC(=O)C(N)(CN(C)CC1CCN(C)C1)C1CC1.